The van der Waals surface area contributed by atoms with E-state index in [9.17, 15) is 9.59 Å². The van der Waals surface area contributed by atoms with E-state index in [-0.39, 0.29) is 16.8 Å². The normalized spacial score (nSPS) is 16.8. The Morgan fingerprint density at radius 1 is 1.56 bits per heavy atom. The number of aromatic amines is 1. The number of H-pyrrole nitrogens is 1. The zero-order valence-corrected chi connectivity index (χ0v) is 9.46. The predicted octanol–water partition coefficient (Wildman–Crippen LogP) is 1.12. The third kappa shape index (κ3) is 2.85. The predicted molar refractivity (Wildman–Crippen MR) is 61.8 cm³/mol. The molecule has 1 aliphatic rings. The fourth-order valence-corrected chi connectivity index (χ4v) is 1.80. The number of hydrogen-bond donors (Lipinski definition) is 2. The molecule has 1 fully saturated rings. The number of pyridine rings is 1. The highest BCUT2D eigenvalue weighted by atomic mass is 35.5. The van der Waals surface area contributed by atoms with Crippen LogP contribution in [0.15, 0.2) is 23.1 Å². The van der Waals surface area contributed by atoms with E-state index in [2.05, 4.69) is 10.3 Å². The van der Waals surface area contributed by atoms with Crippen LogP contribution in [0.25, 0.3) is 0 Å². The molecule has 4 nitrogen and oxygen atoms in total. The average Bonchev–Trinajstić information content (AvgIpc) is 3.10. The Balaban J connectivity index is 1.87. The third-order valence-corrected chi connectivity index (χ3v) is 3.15. The largest absolute Gasteiger partial charge is 0.350 e. The number of carbonyl (C=O) groups is 1. The number of halogens is 1. The Bertz CT molecular complexity index is 419. The lowest BCUT2D eigenvalue weighted by Crippen LogP contribution is -2.30. The zero-order chi connectivity index (χ0) is 11.5. The number of hydrogen-bond acceptors (Lipinski definition) is 2. The van der Waals surface area contributed by atoms with Crippen LogP contribution in [0.5, 0.6) is 0 Å². The number of rotatable bonds is 4. The van der Waals surface area contributed by atoms with Gasteiger partial charge in [-0.1, -0.05) is 0 Å². The van der Waals surface area contributed by atoms with Gasteiger partial charge in [0.2, 0.25) is 5.56 Å². The van der Waals surface area contributed by atoms with E-state index in [0.29, 0.717) is 18.0 Å². The van der Waals surface area contributed by atoms with Crippen LogP contribution >= 0.6 is 11.6 Å². The van der Waals surface area contributed by atoms with Gasteiger partial charge in [0.05, 0.1) is 10.9 Å². The van der Waals surface area contributed by atoms with Crippen LogP contribution in [0.3, 0.4) is 0 Å². The lowest BCUT2D eigenvalue weighted by molar-refractivity contribution is 0.0952. The second-order valence-electron chi connectivity index (χ2n) is 4.01. The van der Waals surface area contributed by atoms with Gasteiger partial charge in [-0.15, -0.1) is 11.6 Å². The molecule has 2 N–H and O–H groups in total. The van der Waals surface area contributed by atoms with Gasteiger partial charge in [0.15, 0.2) is 0 Å². The molecule has 1 amide bonds. The molecule has 0 saturated heterocycles. The van der Waals surface area contributed by atoms with Crippen molar-refractivity contribution in [3.05, 3.63) is 34.2 Å². The van der Waals surface area contributed by atoms with Gasteiger partial charge in [0.25, 0.3) is 5.91 Å². The SMILES string of the molecule is O=C(NCC(Cl)C1CC1)c1ccc(=O)[nH]c1. The lowest BCUT2D eigenvalue weighted by atomic mass is 10.2. The summed E-state index contributed by atoms with van der Waals surface area (Å²) < 4.78 is 0. The van der Waals surface area contributed by atoms with Gasteiger partial charge in [0.1, 0.15) is 0 Å². The molecule has 0 aromatic carbocycles. The molecular formula is C11H13ClN2O2. The van der Waals surface area contributed by atoms with Crippen LogP contribution < -0.4 is 10.9 Å². The third-order valence-electron chi connectivity index (χ3n) is 2.64. The van der Waals surface area contributed by atoms with E-state index in [4.69, 9.17) is 11.6 Å². The van der Waals surface area contributed by atoms with Gasteiger partial charge in [0, 0.05) is 18.8 Å². The Hall–Kier alpha value is -1.29. The Labute approximate surface area is 98.0 Å². The van der Waals surface area contributed by atoms with E-state index >= 15 is 0 Å². The lowest BCUT2D eigenvalue weighted by Gasteiger charge is -2.09. The van der Waals surface area contributed by atoms with Crippen molar-refractivity contribution >= 4 is 17.5 Å². The highest BCUT2D eigenvalue weighted by Crippen LogP contribution is 2.35. The van der Waals surface area contributed by atoms with Crippen molar-refractivity contribution in [3.8, 4) is 0 Å². The molecule has 0 radical (unpaired) electrons. The summed E-state index contributed by atoms with van der Waals surface area (Å²) in [5.41, 5.74) is 0.226. The molecule has 1 aliphatic carbocycles. The second kappa shape index (κ2) is 4.70. The zero-order valence-electron chi connectivity index (χ0n) is 8.70. The Morgan fingerprint density at radius 2 is 2.31 bits per heavy atom. The van der Waals surface area contributed by atoms with Gasteiger partial charge in [-0.3, -0.25) is 9.59 Å². The number of aromatic nitrogens is 1. The highest BCUT2D eigenvalue weighted by molar-refractivity contribution is 6.21. The Kier molecular flexibility index (Phi) is 3.29. The molecular weight excluding hydrogens is 228 g/mol. The van der Waals surface area contributed by atoms with Crippen molar-refractivity contribution in [3.63, 3.8) is 0 Å². The molecule has 86 valence electrons. The van der Waals surface area contributed by atoms with Crippen LogP contribution in [0, 0.1) is 5.92 Å². The van der Waals surface area contributed by atoms with Gasteiger partial charge < -0.3 is 10.3 Å². The number of amides is 1. The van der Waals surface area contributed by atoms with Crippen molar-refractivity contribution in [1.29, 1.82) is 0 Å². The summed E-state index contributed by atoms with van der Waals surface area (Å²) in [4.78, 5) is 24.9. The minimum atomic E-state index is -0.218. The van der Waals surface area contributed by atoms with Crippen LogP contribution in [0.2, 0.25) is 0 Å². The summed E-state index contributed by atoms with van der Waals surface area (Å²) in [5, 5.41) is 2.77. The van der Waals surface area contributed by atoms with Crippen LogP contribution in [-0.4, -0.2) is 22.8 Å². The van der Waals surface area contributed by atoms with Gasteiger partial charge in [-0.25, -0.2) is 0 Å². The fraction of sp³-hybridized carbons (Fsp3) is 0.455. The summed E-state index contributed by atoms with van der Waals surface area (Å²) in [5.74, 6) is 0.347. The van der Waals surface area contributed by atoms with Crippen molar-refractivity contribution in [2.45, 2.75) is 18.2 Å². The molecule has 1 aromatic heterocycles. The molecule has 1 unspecified atom stereocenters. The summed E-state index contributed by atoms with van der Waals surface area (Å²) in [6.45, 7) is 0.476. The molecule has 16 heavy (non-hydrogen) atoms. The molecule has 5 heteroatoms. The Morgan fingerprint density at radius 3 is 2.88 bits per heavy atom. The average molecular weight is 241 g/mol. The van der Waals surface area contributed by atoms with E-state index in [1.165, 1.54) is 18.3 Å². The molecule has 1 atom stereocenters. The maximum Gasteiger partial charge on any atom is 0.252 e. The maximum absolute atomic E-state index is 11.6. The molecule has 1 heterocycles. The quantitative estimate of drug-likeness (QED) is 0.775. The van der Waals surface area contributed by atoms with Crippen molar-refractivity contribution in [2.24, 2.45) is 5.92 Å². The smallest absolute Gasteiger partial charge is 0.252 e. The number of carbonyl (C=O) groups excluding carboxylic acids is 1. The second-order valence-corrected chi connectivity index (χ2v) is 4.57. The van der Waals surface area contributed by atoms with E-state index in [1.807, 2.05) is 0 Å². The molecule has 2 rings (SSSR count). The van der Waals surface area contributed by atoms with E-state index in [0.717, 1.165) is 12.8 Å². The fourth-order valence-electron chi connectivity index (χ4n) is 1.47. The van der Waals surface area contributed by atoms with Crippen LogP contribution in [-0.2, 0) is 0 Å². The maximum atomic E-state index is 11.6. The van der Waals surface area contributed by atoms with Crippen molar-refractivity contribution in [2.75, 3.05) is 6.54 Å². The first kappa shape index (κ1) is 11.2. The first-order valence-corrected chi connectivity index (χ1v) is 5.71. The molecule has 1 saturated carbocycles. The monoisotopic (exact) mass is 240 g/mol. The number of alkyl halides is 1. The van der Waals surface area contributed by atoms with Crippen LogP contribution in [0.1, 0.15) is 23.2 Å². The topological polar surface area (TPSA) is 62.0 Å². The van der Waals surface area contributed by atoms with Gasteiger partial charge in [-0.2, -0.15) is 0 Å². The molecule has 0 bridgehead atoms. The van der Waals surface area contributed by atoms with E-state index in [1.54, 1.807) is 0 Å². The summed E-state index contributed by atoms with van der Waals surface area (Å²) in [6, 6.07) is 2.82. The number of nitrogens with one attached hydrogen (secondary N) is 2. The van der Waals surface area contributed by atoms with Crippen molar-refractivity contribution < 1.29 is 4.79 Å². The molecule has 0 spiro atoms. The van der Waals surface area contributed by atoms with Gasteiger partial charge in [-0.05, 0) is 24.8 Å². The first-order valence-electron chi connectivity index (χ1n) is 5.28. The molecule has 0 aliphatic heterocycles. The highest BCUT2D eigenvalue weighted by Gasteiger charge is 2.29. The first-order chi connectivity index (χ1) is 7.66. The minimum Gasteiger partial charge on any atom is -0.350 e. The molecule has 1 aromatic rings. The van der Waals surface area contributed by atoms with Gasteiger partial charge >= 0.3 is 0 Å². The van der Waals surface area contributed by atoms with Crippen LogP contribution in [0.4, 0.5) is 0 Å². The van der Waals surface area contributed by atoms with E-state index < -0.39 is 0 Å². The standard InChI is InChI=1S/C11H13ClN2O2/c12-9(7-1-2-7)6-14-11(16)8-3-4-10(15)13-5-8/h3-5,7,9H,1-2,6H2,(H,13,15)(H,14,16). The summed E-state index contributed by atoms with van der Waals surface area (Å²) in [6.07, 6.45) is 3.71. The summed E-state index contributed by atoms with van der Waals surface area (Å²) >= 11 is 6.06. The summed E-state index contributed by atoms with van der Waals surface area (Å²) in [7, 11) is 0. The van der Waals surface area contributed by atoms with Crippen molar-refractivity contribution in [1.82, 2.24) is 10.3 Å². The minimum absolute atomic E-state index is 0.0201.